The van der Waals surface area contributed by atoms with E-state index in [1.807, 2.05) is 13.8 Å². The molecule has 0 spiro atoms. The zero-order valence-corrected chi connectivity index (χ0v) is 12.5. The van der Waals surface area contributed by atoms with Crippen LogP contribution in [0, 0.1) is 0 Å². The molecule has 19 heavy (non-hydrogen) atoms. The minimum absolute atomic E-state index is 0.0170. The zero-order chi connectivity index (χ0) is 15.1. The summed E-state index contributed by atoms with van der Waals surface area (Å²) in [5.74, 6) is 0. The number of aliphatic hydroxyl groups excluding tert-OH is 3. The van der Waals surface area contributed by atoms with Crippen molar-refractivity contribution in [2.45, 2.75) is 46.0 Å². The van der Waals surface area contributed by atoms with Crippen molar-refractivity contribution in [3.05, 3.63) is 0 Å². The molecular formula is C13H30O6. The molecule has 0 aromatic carbocycles. The van der Waals surface area contributed by atoms with Gasteiger partial charge in [-0.25, -0.2) is 0 Å². The molecule has 0 aliphatic heterocycles. The lowest BCUT2D eigenvalue weighted by atomic mass is 10.4. The Hall–Kier alpha value is -0.240. The Morgan fingerprint density at radius 1 is 0.947 bits per heavy atom. The van der Waals surface area contributed by atoms with E-state index in [0.29, 0.717) is 26.4 Å². The van der Waals surface area contributed by atoms with Gasteiger partial charge in [0.25, 0.3) is 0 Å². The van der Waals surface area contributed by atoms with Crippen molar-refractivity contribution in [1.82, 2.24) is 0 Å². The third-order valence-electron chi connectivity index (χ3n) is 1.93. The molecule has 0 aromatic rings. The summed E-state index contributed by atoms with van der Waals surface area (Å²) in [5.41, 5.74) is 0. The summed E-state index contributed by atoms with van der Waals surface area (Å²) in [6.07, 6.45) is -0.654. The van der Waals surface area contributed by atoms with Gasteiger partial charge in [0.1, 0.15) is 0 Å². The third-order valence-corrected chi connectivity index (χ3v) is 1.93. The van der Waals surface area contributed by atoms with Gasteiger partial charge in [-0.05, 0) is 27.7 Å². The SMILES string of the molecule is CC(O)COC(C)COC(C)CO.CCOCCO. The molecule has 6 nitrogen and oxygen atoms in total. The maximum atomic E-state index is 8.92. The summed E-state index contributed by atoms with van der Waals surface area (Å²) in [7, 11) is 0. The molecule has 0 bridgehead atoms. The van der Waals surface area contributed by atoms with Gasteiger partial charge < -0.3 is 29.5 Å². The Kier molecular flexibility index (Phi) is 17.5. The van der Waals surface area contributed by atoms with E-state index in [-0.39, 0.29) is 25.4 Å². The van der Waals surface area contributed by atoms with Crippen molar-refractivity contribution in [1.29, 1.82) is 0 Å². The van der Waals surface area contributed by atoms with Gasteiger partial charge in [-0.2, -0.15) is 0 Å². The second kappa shape index (κ2) is 15.8. The highest BCUT2D eigenvalue weighted by molar-refractivity contribution is 4.52. The van der Waals surface area contributed by atoms with Crippen LogP contribution in [0.4, 0.5) is 0 Å². The number of hydrogen-bond acceptors (Lipinski definition) is 6. The predicted molar refractivity (Wildman–Crippen MR) is 73.2 cm³/mol. The molecular weight excluding hydrogens is 252 g/mol. The Morgan fingerprint density at radius 3 is 1.89 bits per heavy atom. The summed E-state index contributed by atoms with van der Waals surface area (Å²) >= 11 is 0. The summed E-state index contributed by atoms with van der Waals surface area (Å²) in [5, 5.41) is 25.7. The van der Waals surface area contributed by atoms with Crippen LogP contribution < -0.4 is 0 Å². The standard InChI is InChI=1S/C9H20O4.C4H10O2/c1-7(11)5-12-9(3)6-13-8(2)4-10;1-2-6-4-3-5/h7-11H,4-6H2,1-3H3;5H,2-4H2,1H3. The largest absolute Gasteiger partial charge is 0.394 e. The number of ether oxygens (including phenoxy) is 3. The maximum Gasteiger partial charge on any atom is 0.0781 e. The monoisotopic (exact) mass is 282 g/mol. The highest BCUT2D eigenvalue weighted by atomic mass is 16.5. The van der Waals surface area contributed by atoms with E-state index >= 15 is 0 Å². The summed E-state index contributed by atoms with van der Waals surface area (Å²) in [6.45, 7) is 9.30. The van der Waals surface area contributed by atoms with Crippen molar-refractivity contribution in [2.24, 2.45) is 0 Å². The normalized spacial score (nSPS) is 15.3. The number of hydrogen-bond donors (Lipinski definition) is 3. The van der Waals surface area contributed by atoms with Gasteiger partial charge >= 0.3 is 0 Å². The van der Waals surface area contributed by atoms with E-state index < -0.39 is 6.10 Å². The first kappa shape index (κ1) is 21.1. The smallest absolute Gasteiger partial charge is 0.0781 e. The van der Waals surface area contributed by atoms with Crippen LogP contribution in [-0.4, -0.2) is 73.3 Å². The Morgan fingerprint density at radius 2 is 1.53 bits per heavy atom. The average Bonchev–Trinajstić information content (AvgIpc) is 2.40. The van der Waals surface area contributed by atoms with Crippen LogP contribution in [-0.2, 0) is 14.2 Å². The van der Waals surface area contributed by atoms with Crippen LogP contribution in [0.5, 0.6) is 0 Å². The predicted octanol–water partition coefficient (Wildman–Crippen LogP) is 0.185. The number of rotatable bonds is 10. The van der Waals surface area contributed by atoms with Crippen LogP contribution in [0.15, 0.2) is 0 Å². The lowest BCUT2D eigenvalue weighted by Gasteiger charge is -2.16. The average molecular weight is 282 g/mol. The molecule has 3 atom stereocenters. The molecule has 3 N–H and O–H groups in total. The van der Waals surface area contributed by atoms with Crippen LogP contribution in [0.1, 0.15) is 27.7 Å². The zero-order valence-electron chi connectivity index (χ0n) is 12.5. The molecule has 0 heterocycles. The van der Waals surface area contributed by atoms with Gasteiger partial charge in [-0.1, -0.05) is 0 Å². The van der Waals surface area contributed by atoms with E-state index in [4.69, 9.17) is 29.5 Å². The molecule has 0 aromatic heterocycles. The Bertz CT molecular complexity index is 161. The fourth-order valence-electron chi connectivity index (χ4n) is 0.913. The topological polar surface area (TPSA) is 88.4 Å². The molecule has 0 fully saturated rings. The Balaban J connectivity index is 0. The van der Waals surface area contributed by atoms with Crippen molar-refractivity contribution in [3.8, 4) is 0 Å². The minimum atomic E-state index is -0.447. The van der Waals surface area contributed by atoms with Crippen LogP contribution in [0.25, 0.3) is 0 Å². The van der Waals surface area contributed by atoms with Crippen LogP contribution >= 0.6 is 0 Å². The lowest BCUT2D eigenvalue weighted by Crippen LogP contribution is -2.24. The van der Waals surface area contributed by atoms with Gasteiger partial charge in [0, 0.05) is 6.61 Å². The first-order valence-electron chi connectivity index (χ1n) is 6.68. The van der Waals surface area contributed by atoms with Crippen molar-refractivity contribution in [3.63, 3.8) is 0 Å². The first-order valence-corrected chi connectivity index (χ1v) is 6.68. The second-order valence-corrected chi connectivity index (χ2v) is 4.24. The maximum absolute atomic E-state index is 8.92. The second-order valence-electron chi connectivity index (χ2n) is 4.24. The van der Waals surface area contributed by atoms with E-state index in [2.05, 4.69) is 0 Å². The fraction of sp³-hybridized carbons (Fsp3) is 1.00. The molecule has 0 aliphatic carbocycles. The fourth-order valence-corrected chi connectivity index (χ4v) is 0.913. The van der Waals surface area contributed by atoms with E-state index in [1.54, 1.807) is 13.8 Å². The molecule has 0 aliphatic rings. The van der Waals surface area contributed by atoms with Crippen LogP contribution in [0.2, 0.25) is 0 Å². The molecule has 3 unspecified atom stereocenters. The van der Waals surface area contributed by atoms with Gasteiger partial charge in [-0.3, -0.25) is 0 Å². The van der Waals surface area contributed by atoms with Crippen LogP contribution in [0.3, 0.4) is 0 Å². The number of aliphatic hydroxyl groups is 3. The highest BCUT2D eigenvalue weighted by Gasteiger charge is 2.06. The highest BCUT2D eigenvalue weighted by Crippen LogP contribution is 1.97. The molecule has 0 amide bonds. The molecule has 0 saturated heterocycles. The van der Waals surface area contributed by atoms with Gasteiger partial charge in [-0.15, -0.1) is 0 Å². The van der Waals surface area contributed by atoms with Crippen molar-refractivity contribution < 1.29 is 29.5 Å². The minimum Gasteiger partial charge on any atom is -0.394 e. The molecule has 0 saturated carbocycles. The summed E-state index contributed by atoms with van der Waals surface area (Å²) < 4.78 is 15.2. The molecule has 0 rings (SSSR count). The van der Waals surface area contributed by atoms with Gasteiger partial charge in [0.15, 0.2) is 0 Å². The van der Waals surface area contributed by atoms with E-state index in [1.165, 1.54) is 0 Å². The summed E-state index contributed by atoms with van der Waals surface area (Å²) in [4.78, 5) is 0. The molecule has 118 valence electrons. The molecule has 0 radical (unpaired) electrons. The third kappa shape index (κ3) is 20.2. The quantitative estimate of drug-likeness (QED) is 0.496. The lowest BCUT2D eigenvalue weighted by molar-refractivity contribution is -0.0620. The molecule has 6 heteroatoms. The first-order chi connectivity index (χ1) is 8.97. The van der Waals surface area contributed by atoms with Crippen molar-refractivity contribution in [2.75, 3.05) is 39.6 Å². The van der Waals surface area contributed by atoms with E-state index in [9.17, 15) is 0 Å². The van der Waals surface area contributed by atoms with Gasteiger partial charge in [0.2, 0.25) is 0 Å². The van der Waals surface area contributed by atoms with Gasteiger partial charge in [0.05, 0.1) is 51.3 Å². The van der Waals surface area contributed by atoms with E-state index in [0.717, 1.165) is 0 Å². The Labute approximate surface area is 116 Å². The van der Waals surface area contributed by atoms with Crippen molar-refractivity contribution >= 4 is 0 Å². The summed E-state index contributed by atoms with van der Waals surface area (Å²) in [6, 6.07) is 0.